The number of ether oxygens (including phenoxy) is 1. The van der Waals surface area contributed by atoms with Crippen LogP contribution < -0.4 is 4.68 Å². The van der Waals surface area contributed by atoms with Crippen molar-refractivity contribution in [1.29, 1.82) is 0 Å². The van der Waals surface area contributed by atoms with Crippen molar-refractivity contribution >= 4 is 21.9 Å². The highest BCUT2D eigenvalue weighted by Gasteiger charge is 2.20. The Morgan fingerprint density at radius 1 is 1.83 bits per heavy atom. The third kappa shape index (κ3) is 1.66. The van der Waals surface area contributed by atoms with Gasteiger partial charge in [-0.2, -0.15) is 5.10 Å². The summed E-state index contributed by atoms with van der Waals surface area (Å²) in [6.45, 7) is 2.17. The van der Waals surface area contributed by atoms with Gasteiger partial charge in [0, 0.05) is 15.9 Å². The Balaban J connectivity index is 2.88. The number of H-pyrrole nitrogens is 1. The van der Waals surface area contributed by atoms with E-state index >= 15 is 0 Å². The van der Waals surface area contributed by atoms with Crippen molar-refractivity contribution in [3.63, 3.8) is 0 Å². The van der Waals surface area contributed by atoms with Crippen LogP contribution in [-0.4, -0.2) is 17.7 Å². The SMILES string of the molecule is CCOC(=O)c1c[nH][n+](C)c1Br. The predicted octanol–water partition coefficient (Wildman–Crippen LogP) is 0.778. The minimum atomic E-state index is -0.318. The van der Waals surface area contributed by atoms with Crippen molar-refractivity contribution in [3.8, 4) is 0 Å². The number of aromatic nitrogens is 2. The molecule has 1 aromatic heterocycles. The summed E-state index contributed by atoms with van der Waals surface area (Å²) >= 11 is 3.25. The van der Waals surface area contributed by atoms with Crippen molar-refractivity contribution in [1.82, 2.24) is 5.10 Å². The second-order valence-corrected chi connectivity index (χ2v) is 3.01. The van der Waals surface area contributed by atoms with Crippen molar-refractivity contribution in [2.75, 3.05) is 6.61 Å². The molecule has 1 rings (SSSR count). The molecule has 0 amide bonds. The molecule has 1 heterocycles. The van der Waals surface area contributed by atoms with Crippen LogP contribution in [0, 0.1) is 0 Å². The van der Waals surface area contributed by atoms with Crippen LogP contribution in [0.5, 0.6) is 0 Å². The van der Waals surface area contributed by atoms with Crippen molar-refractivity contribution < 1.29 is 14.2 Å². The Morgan fingerprint density at radius 3 is 2.92 bits per heavy atom. The monoisotopic (exact) mass is 233 g/mol. The zero-order valence-corrected chi connectivity index (χ0v) is 8.51. The van der Waals surface area contributed by atoms with E-state index in [9.17, 15) is 4.79 Å². The highest BCUT2D eigenvalue weighted by Crippen LogP contribution is 2.11. The molecule has 0 saturated heterocycles. The van der Waals surface area contributed by atoms with Crippen molar-refractivity contribution in [2.45, 2.75) is 6.92 Å². The van der Waals surface area contributed by atoms with E-state index in [2.05, 4.69) is 21.0 Å². The van der Waals surface area contributed by atoms with E-state index in [1.807, 2.05) is 0 Å². The van der Waals surface area contributed by atoms with E-state index in [0.717, 1.165) is 0 Å². The average Bonchev–Trinajstić information content (AvgIpc) is 2.34. The van der Waals surface area contributed by atoms with Crippen LogP contribution in [-0.2, 0) is 11.8 Å². The number of nitrogens with one attached hydrogen (secondary N) is 1. The quantitative estimate of drug-likeness (QED) is 0.607. The van der Waals surface area contributed by atoms with Gasteiger partial charge >= 0.3 is 5.97 Å². The Bertz CT molecular complexity index is 296. The van der Waals surface area contributed by atoms with Crippen LogP contribution in [0.15, 0.2) is 10.8 Å². The summed E-state index contributed by atoms with van der Waals surface area (Å²) in [7, 11) is 1.80. The molecule has 1 aromatic rings. The number of carbonyl (C=O) groups excluding carboxylic acids is 1. The molecule has 66 valence electrons. The van der Waals surface area contributed by atoms with Gasteiger partial charge in [-0.05, 0) is 6.92 Å². The van der Waals surface area contributed by atoms with Crippen molar-refractivity contribution in [2.24, 2.45) is 7.05 Å². The summed E-state index contributed by atoms with van der Waals surface area (Å²) in [5, 5.41) is 2.85. The highest BCUT2D eigenvalue weighted by molar-refractivity contribution is 9.10. The summed E-state index contributed by atoms with van der Waals surface area (Å²) in [5.41, 5.74) is 0.513. The molecule has 0 aliphatic heterocycles. The molecule has 0 saturated carbocycles. The maximum absolute atomic E-state index is 11.2. The van der Waals surface area contributed by atoms with E-state index in [1.54, 1.807) is 24.9 Å². The number of nitrogens with zero attached hydrogens (tertiary/aromatic N) is 1. The maximum Gasteiger partial charge on any atom is 0.347 e. The van der Waals surface area contributed by atoms with Gasteiger partial charge in [-0.15, -0.1) is 4.68 Å². The van der Waals surface area contributed by atoms with Gasteiger partial charge in [0.2, 0.25) is 0 Å². The molecular formula is C7H10BrN2O2+. The van der Waals surface area contributed by atoms with Crippen LogP contribution in [0.25, 0.3) is 0 Å². The molecular weight excluding hydrogens is 224 g/mol. The first-order valence-electron chi connectivity index (χ1n) is 3.56. The molecule has 0 aliphatic rings. The van der Waals surface area contributed by atoms with Crippen LogP contribution >= 0.6 is 15.9 Å². The van der Waals surface area contributed by atoms with Gasteiger partial charge < -0.3 is 4.74 Å². The van der Waals surface area contributed by atoms with Gasteiger partial charge in [0.15, 0.2) is 12.6 Å². The number of aryl methyl sites for hydroxylation is 1. The lowest BCUT2D eigenvalue weighted by Crippen LogP contribution is -2.31. The van der Waals surface area contributed by atoms with Crippen LogP contribution in [0.3, 0.4) is 0 Å². The summed E-state index contributed by atoms with van der Waals surface area (Å²) in [5.74, 6) is -0.318. The molecule has 0 bridgehead atoms. The minimum absolute atomic E-state index is 0.318. The lowest BCUT2D eigenvalue weighted by molar-refractivity contribution is -0.736. The molecule has 1 N–H and O–H groups in total. The number of halogens is 1. The zero-order valence-electron chi connectivity index (χ0n) is 6.93. The minimum Gasteiger partial charge on any atom is -0.462 e. The Hall–Kier alpha value is -0.840. The van der Waals surface area contributed by atoms with E-state index in [-0.39, 0.29) is 5.97 Å². The lowest BCUT2D eigenvalue weighted by atomic mass is 10.4. The predicted molar refractivity (Wildman–Crippen MR) is 45.6 cm³/mol. The largest absolute Gasteiger partial charge is 0.462 e. The maximum atomic E-state index is 11.2. The molecule has 0 aromatic carbocycles. The topological polar surface area (TPSA) is 46.0 Å². The third-order valence-electron chi connectivity index (χ3n) is 1.41. The van der Waals surface area contributed by atoms with Crippen LogP contribution in [0.4, 0.5) is 0 Å². The lowest BCUT2D eigenvalue weighted by Gasteiger charge is -1.95. The average molecular weight is 234 g/mol. The van der Waals surface area contributed by atoms with E-state index < -0.39 is 0 Å². The molecule has 0 fully saturated rings. The Kier molecular flexibility index (Phi) is 2.86. The summed E-state index contributed by atoms with van der Waals surface area (Å²) < 4.78 is 7.20. The first kappa shape index (κ1) is 9.25. The summed E-state index contributed by atoms with van der Waals surface area (Å²) in [6.07, 6.45) is 1.60. The van der Waals surface area contributed by atoms with E-state index in [0.29, 0.717) is 16.8 Å². The molecule has 0 radical (unpaired) electrons. The number of aromatic amines is 1. The van der Waals surface area contributed by atoms with Crippen molar-refractivity contribution in [3.05, 3.63) is 16.4 Å². The number of rotatable bonds is 2. The number of hydrogen-bond acceptors (Lipinski definition) is 2. The van der Waals surface area contributed by atoms with Gasteiger partial charge in [0.1, 0.15) is 0 Å². The Labute approximate surface area is 78.6 Å². The fourth-order valence-electron chi connectivity index (χ4n) is 0.810. The first-order chi connectivity index (χ1) is 5.66. The van der Waals surface area contributed by atoms with Crippen LogP contribution in [0.1, 0.15) is 17.3 Å². The second-order valence-electron chi connectivity index (χ2n) is 2.26. The molecule has 0 atom stereocenters. The number of esters is 1. The third-order valence-corrected chi connectivity index (χ3v) is 2.37. The highest BCUT2D eigenvalue weighted by atomic mass is 79.9. The second kappa shape index (κ2) is 3.71. The molecule has 0 aliphatic carbocycles. The van der Waals surface area contributed by atoms with E-state index in [4.69, 9.17) is 4.74 Å². The smallest absolute Gasteiger partial charge is 0.347 e. The standard InChI is InChI=1S/C7H9BrN2O2/c1-3-12-7(11)5-4-9-10(2)6(5)8/h4H,3H2,1-2H3/p+1. The molecule has 12 heavy (non-hydrogen) atoms. The Morgan fingerprint density at radius 2 is 2.50 bits per heavy atom. The first-order valence-corrected chi connectivity index (χ1v) is 4.36. The van der Waals surface area contributed by atoms with E-state index in [1.165, 1.54) is 0 Å². The normalized spacial score (nSPS) is 9.92. The van der Waals surface area contributed by atoms with Gasteiger partial charge in [-0.1, -0.05) is 0 Å². The summed E-state index contributed by atoms with van der Waals surface area (Å²) in [6, 6.07) is 0. The van der Waals surface area contributed by atoms with Gasteiger partial charge in [0.25, 0.3) is 4.60 Å². The molecule has 5 heteroatoms. The summed E-state index contributed by atoms with van der Waals surface area (Å²) in [4.78, 5) is 11.2. The molecule has 0 unspecified atom stereocenters. The fraction of sp³-hybridized carbons (Fsp3) is 0.429. The zero-order chi connectivity index (χ0) is 9.14. The fourth-order valence-corrected chi connectivity index (χ4v) is 1.19. The molecule has 0 spiro atoms. The van der Waals surface area contributed by atoms with Gasteiger partial charge in [0.05, 0.1) is 12.8 Å². The number of hydrogen-bond donors (Lipinski definition) is 1. The molecule has 4 nitrogen and oxygen atoms in total. The van der Waals surface area contributed by atoms with Crippen LogP contribution in [0.2, 0.25) is 0 Å². The van der Waals surface area contributed by atoms with Gasteiger partial charge in [-0.3, -0.25) is 0 Å². The number of carbonyl (C=O) groups is 1. The van der Waals surface area contributed by atoms with Gasteiger partial charge in [-0.25, -0.2) is 4.79 Å².